The van der Waals surface area contributed by atoms with E-state index in [4.69, 9.17) is 0 Å². The lowest BCUT2D eigenvalue weighted by molar-refractivity contribution is -0.117. The molecule has 0 radical (unpaired) electrons. The number of carbonyl (C=O) groups excluding carboxylic acids is 2. The number of pyridine rings is 1. The summed E-state index contributed by atoms with van der Waals surface area (Å²) in [5.74, 6) is 1.04. The number of benzene rings is 1. The van der Waals surface area contributed by atoms with Gasteiger partial charge in [0.05, 0.1) is 6.54 Å². The molecule has 2 aromatic rings. The molecule has 1 aromatic heterocycles. The van der Waals surface area contributed by atoms with Crippen LogP contribution >= 0.6 is 0 Å². The lowest BCUT2D eigenvalue weighted by Gasteiger charge is -2.34. The van der Waals surface area contributed by atoms with Gasteiger partial charge < -0.3 is 15.1 Å². The summed E-state index contributed by atoms with van der Waals surface area (Å²) >= 11 is 0. The normalized spacial score (nSPS) is 16.8. The predicted molar refractivity (Wildman–Crippen MR) is 110 cm³/mol. The Morgan fingerprint density at radius 2 is 1.89 bits per heavy atom. The Hall–Kier alpha value is -2.93. The van der Waals surface area contributed by atoms with Crippen molar-refractivity contribution in [1.82, 2.24) is 9.88 Å². The molecule has 4 rings (SSSR count). The second-order valence-electron chi connectivity index (χ2n) is 7.26. The number of piperazine rings is 1. The van der Waals surface area contributed by atoms with Crippen LogP contribution in [0.25, 0.3) is 0 Å². The molecule has 0 bridgehead atoms. The molecule has 1 saturated heterocycles. The van der Waals surface area contributed by atoms with Gasteiger partial charge in [0.1, 0.15) is 5.82 Å². The average Bonchev–Trinajstić information content (AvgIpc) is 3.13. The second kappa shape index (κ2) is 7.98. The summed E-state index contributed by atoms with van der Waals surface area (Å²) in [4.78, 5) is 34.7. The van der Waals surface area contributed by atoms with Crippen LogP contribution < -0.4 is 15.1 Å². The predicted octanol–water partition coefficient (Wildman–Crippen LogP) is 1.75. The van der Waals surface area contributed by atoms with Gasteiger partial charge in [0, 0.05) is 57.2 Å². The van der Waals surface area contributed by atoms with Gasteiger partial charge in [-0.2, -0.15) is 0 Å². The highest BCUT2D eigenvalue weighted by Gasteiger charge is 2.23. The minimum atomic E-state index is -0.00680. The molecule has 1 fully saturated rings. The highest BCUT2D eigenvalue weighted by molar-refractivity contribution is 5.96. The van der Waals surface area contributed by atoms with E-state index in [9.17, 15) is 9.59 Å². The second-order valence-corrected chi connectivity index (χ2v) is 7.26. The number of hydrogen-bond donors (Lipinski definition) is 1. The summed E-state index contributed by atoms with van der Waals surface area (Å²) in [5.41, 5.74) is 2.86. The standard InChI is InChI=1S/C21H25N5O2/c1-16(27)26-9-7-17-14-18(5-6-19(17)26)23-21(28)15-24-10-12-25(13-11-24)20-4-2-3-8-22-20/h2-6,8,14H,7,9-13,15H2,1H3,(H,23,28). The maximum absolute atomic E-state index is 12.5. The highest BCUT2D eigenvalue weighted by Crippen LogP contribution is 2.30. The first-order chi connectivity index (χ1) is 13.6. The fraction of sp³-hybridized carbons (Fsp3) is 0.381. The fourth-order valence-corrected chi connectivity index (χ4v) is 3.89. The van der Waals surface area contributed by atoms with Crippen molar-refractivity contribution in [3.05, 3.63) is 48.2 Å². The van der Waals surface area contributed by atoms with E-state index in [1.54, 1.807) is 18.0 Å². The number of amides is 2. The molecule has 2 aliphatic heterocycles. The van der Waals surface area contributed by atoms with Crippen molar-refractivity contribution in [2.24, 2.45) is 0 Å². The number of anilines is 3. The minimum absolute atomic E-state index is 0.00680. The Morgan fingerprint density at radius 1 is 1.07 bits per heavy atom. The Kier molecular flexibility index (Phi) is 5.25. The summed E-state index contributed by atoms with van der Waals surface area (Å²) in [7, 11) is 0. The first-order valence-corrected chi connectivity index (χ1v) is 9.69. The molecular formula is C21H25N5O2. The molecule has 7 heteroatoms. The lowest BCUT2D eigenvalue weighted by Crippen LogP contribution is -2.48. The Bertz CT molecular complexity index is 862. The minimum Gasteiger partial charge on any atom is -0.354 e. The van der Waals surface area contributed by atoms with Crippen LogP contribution in [0.5, 0.6) is 0 Å². The topological polar surface area (TPSA) is 68.8 Å². The van der Waals surface area contributed by atoms with Crippen LogP contribution in [0.1, 0.15) is 12.5 Å². The van der Waals surface area contributed by atoms with E-state index in [1.165, 1.54) is 0 Å². The van der Waals surface area contributed by atoms with E-state index < -0.39 is 0 Å². The van der Waals surface area contributed by atoms with Crippen LogP contribution in [0.15, 0.2) is 42.6 Å². The third-order valence-corrected chi connectivity index (χ3v) is 5.35. The molecule has 0 saturated carbocycles. The van der Waals surface area contributed by atoms with E-state index >= 15 is 0 Å². The number of nitrogens with zero attached hydrogens (tertiary/aromatic N) is 4. The maximum Gasteiger partial charge on any atom is 0.238 e. The van der Waals surface area contributed by atoms with Gasteiger partial charge in [-0.05, 0) is 42.3 Å². The van der Waals surface area contributed by atoms with E-state index in [-0.39, 0.29) is 11.8 Å². The Labute approximate surface area is 164 Å². The van der Waals surface area contributed by atoms with Crippen LogP contribution in [-0.2, 0) is 16.0 Å². The molecule has 2 amide bonds. The third-order valence-electron chi connectivity index (χ3n) is 5.35. The van der Waals surface area contributed by atoms with Crippen LogP contribution in [0.3, 0.4) is 0 Å². The lowest BCUT2D eigenvalue weighted by atomic mass is 10.1. The van der Waals surface area contributed by atoms with Crippen molar-refractivity contribution < 1.29 is 9.59 Å². The van der Waals surface area contributed by atoms with Gasteiger partial charge in [-0.15, -0.1) is 0 Å². The van der Waals surface area contributed by atoms with E-state index in [2.05, 4.69) is 20.1 Å². The quantitative estimate of drug-likeness (QED) is 0.877. The number of aromatic nitrogens is 1. The van der Waals surface area contributed by atoms with Gasteiger partial charge in [-0.25, -0.2) is 4.98 Å². The van der Waals surface area contributed by atoms with Crippen molar-refractivity contribution in [1.29, 1.82) is 0 Å². The first-order valence-electron chi connectivity index (χ1n) is 9.69. The van der Waals surface area contributed by atoms with Gasteiger partial charge in [-0.3, -0.25) is 14.5 Å². The molecule has 7 nitrogen and oxygen atoms in total. The summed E-state index contributed by atoms with van der Waals surface area (Å²) in [6.45, 7) is 6.07. The molecule has 0 spiro atoms. The molecule has 0 atom stereocenters. The summed E-state index contributed by atoms with van der Waals surface area (Å²) in [6, 6.07) is 11.7. The van der Waals surface area contributed by atoms with Gasteiger partial charge in [0.15, 0.2) is 0 Å². The zero-order valence-corrected chi connectivity index (χ0v) is 16.1. The zero-order valence-electron chi connectivity index (χ0n) is 16.1. The van der Waals surface area contributed by atoms with Crippen molar-refractivity contribution in [2.75, 3.05) is 54.4 Å². The van der Waals surface area contributed by atoms with Crippen LogP contribution in [0.4, 0.5) is 17.2 Å². The molecule has 146 valence electrons. The molecule has 0 aliphatic carbocycles. The first kappa shape index (κ1) is 18.4. The van der Waals surface area contributed by atoms with Crippen LogP contribution in [-0.4, -0.2) is 61.0 Å². The highest BCUT2D eigenvalue weighted by atomic mass is 16.2. The van der Waals surface area contributed by atoms with Gasteiger partial charge in [0.25, 0.3) is 0 Å². The number of rotatable bonds is 4. The molecule has 1 aromatic carbocycles. The zero-order chi connectivity index (χ0) is 19.5. The van der Waals surface area contributed by atoms with E-state index in [0.29, 0.717) is 13.1 Å². The molecule has 3 heterocycles. The van der Waals surface area contributed by atoms with Crippen molar-refractivity contribution >= 4 is 29.0 Å². The molecule has 0 unspecified atom stereocenters. The number of nitrogens with one attached hydrogen (secondary N) is 1. The fourth-order valence-electron chi connectivity index (χ4n) is 3.89. The maximum atomic E-state index is 12.5. The monoisotopic (exact) mass is 379 g/mol. The number of fused-ring (bicyclic) bond motifs is 1. The summed E-state index contributed by atoms with van der Waals surface area (Å²) in [6.07, 6.45) is 2.63. The summed E-state index contributed by atoms with van der Waals surface area (Å²) < 4.78 is 0. The van der Waals surface area contributed by atoms with Crippen molar-refractivity contribution in [2.45, 2.75) is 13.3 Å². The molecule has 2 aliphatic rings. The van der Waals surface area contributed by atoms with Gasteiger partial charge in [0.2, 0.25) is 11.8 Å². The van der Waals surface area contributed by atoms with Crippen LogP contribution in [0, 0.1) is 0 Å². The summed E-state index contributed by atoms with van der Waals surface area (Å²) in [5, 5.41) is 3.00. The van der Waals surface area contributed by atoms with Crippen molar-refractivity contribution in [3.63, 3.8) is 0 Å². The van der Waals surface area contributed by atoms with Crippen molar-refractivity contribution in [3.8, 4) is 0 Å². The Morgan fingerprint density at radius 3 is 2.61 bits per heavy atom. The third kappa shape index (κ3) is 3.99. The van der Waals surface area contributed by atoms with Crippen LogP contribution in [0.2, 0.25) is 0 Å². The molecule has 28 heavy (non-hydrogen) atoms. The van der Waals surface area contributed by atoms with E-state index in [0.717, 1.165) is 55.4 Å². The van der Waals surface area contributed by atoms with Gasteiger partial charge in [-0.1, -0.05) is 6.07 Å². The Balaban J connectivity index is 1.29. The SMILES string of the molecule is CC(=O)N1CCc2cc(NC(=O)CN3CCN(c4ccccn4)CC3)ccc21. The number of carbonyl (C=O) groups is 2. The van der Waals surface area contributed by atoms with Gasteiger partial charge >= 0.3 is 0 Å². The average molecular weight is 379 g/mol. The molecular weight excluding hydrogens is 354 g/mol. The van der Waals surface area contributed by atoms with E-state index in [1.807, 2.05) is 36.4 Å². The smallest absolute Gasteiger partial charge is 0.238 e. The molecule has 1 N–H and O–H groups in total. The number of hydrogen-bond acceptors (Lipinski definition) is 5. The largest absolute Gasteiger partial charge is 0.354 e.